The monoisotopic (exact) mass is 246 g/mol. The van der Waals surface area contributed by atoms with E-state index in [1.165, 1.54) is 18.2 Å². The molecule has 0 saturated heterocycles. The minimum atomic E-state index is -1.03. The third-order valence-corrected chi connectivity index (χ3v) is 2.62. The summed E-state index contributed by atoms with van der Waals surface area (Å²) in [4.78, 5) is 20.7. The molecular weight excluding hydrogens is 236 g/mol. The Kier molecular flexibility index (Phi) is 2.85. The Hall–Kier alpha value is -2.63. The van der Waals surface area contributed by atoms with E-state index in [9.17, 15) is 14.9 Å². The molecule has 0 fully saturated rings. The van der Waals surface area contributed by atoms with Crippen LogP contribution in [0.4, 0.5) is 5.69 Å². The quantitative estimate of drug-likeness (QED) is 0.511. The molecule has 0 aliphatic carbocycles. The number of non-ortho nitro benzene ring substituents is 1. The van der Waals surface area contributed by atoms with E-state index in [4.69, 9.17) is 5.11 Å². The number of aromatic nitrogens is 1. The summed E-state index contributed by atoms with van der Waals surface area (Å²) in [6.07, 6.45) is 4.24. The largest absolute Gasteiger partial charge is 0.478 e. The van der Waals surface area contributed by atoms with Crippen molar-refractivity contribution in [3.8, 4) is 0 Å². The predicted molar refractivity (Wildman–Crippen MR) is 66.2 cm³/mol. The Morgan fingerprint density at radius 2 is 2.22 bits per heavy atom. The summed E-state index contributed by atoms with van der Waals surface area (Å²) >= 11 is 0. The van der Waals surface area contributed by atoms with Crippen LogP contribution in [0.2, 0.25) is 0 Å². The highest BCUT2D eigenvalue weighted by molar-refractivity contribution is 5.94. The summed E-state index contributed by atoms with van der Waals surface area (Å²) in [5, 5.41) is 20.0. The maximum absolute atomic E-state index is 10.7. The smallest absolute Gasteiger partial charge is 0.328 e. The second-order valence-corrected chi connectivity index (χ2v) is 3.83. The van der Waals surface area contributed by atoms with Gasteiger partial charge in [0.1, 0.15) is 0 Å². The van der Waals surface area contributed by atoms with Gasteiger partial charge in [-0.25, -0.2) is 4.79 Å². The van der Waals surface area contributed by atoms with E-state index in [-0.39, 0.29) is 5.69 Å². The SMILES string of the molecule is Cn1cc(/C=C\C(=O)O)c2ccc([N+](=O)[O-])cc21. The molecule has 0 aliphatic heterocycles. The molecule has 1 aromatic carbocycles. The van der Waals surface area contributed by atoms with Gasteiger partial charge in [-0.15, -0.1) is 0 Å². The van der Waals surface area contributed by atoms with Gasteiger partial charge in [-0.2, -0.15) is 0 Å². The summed E-state index contributed by atoms with van der Waals surface area (Å²) in [5.41, 5.74) is 1.41. The maximum Gasteiger partial charge on any atom is 0.328 e. The van der Waals surface area contributed by atoms with Crippen molar-refractivity contribution in [2.75, 3.05) is 0 Å². The van der Waals surface area contributed by atoms with Gasteiger partial charge in [0.15, 0.2) is 0 Å². The van der Waals surface area contributed by atoms with E-state index in [1.54, 1.807) is 23.9 Å². The molecule has 0 bridgehead atoms. The molecule has 92 valence electrons. The molecule has 2 rings (SSSR count). The number of benzene rings is 1. The molecule has 2 aromatic rings. The summed E-state index contributed by atoms with van der Waals surface area (Å²) in [7, 11) is 1.75. The zero-order valence-corrected chi connectivity index (χ0v) is 9.53. The van der Waals surface area contributed by atoms with Gasteiger partial charge in [0, 0.05) is 42.4 Å². The molecule has 0 saturated carbocycles. The van der Waals surface area contributed by atoms with Gasteiger partial charge in [0.05, 0.1) is 10.4 Å². The van der Waals surface area contributed by atoms with Crippen molar-refractivity contribution in [3.05, 3.63) is 46.1 Å². The lowest BCUT2D eigenvalue weighted by Crippen LogP contribution is -1.89. The molecule has 0 aliphatic rings. The van der Waals surface area contributed by atoms with E-state index >= 15 is 0 Å². The van der Waals surface area contributed by atoms with Crippen molar-refractivity contribution in [1.29, 1.82) is 0 Å². The number of carboxylic acid groups (broad SMARTS) is 1. The first-order chi connectivity index (χ1) is 8.49. The number of hydrogen-bond donors (Lipinski definition) is 1. The molecular formula is C12H10N2O4. The average Bonchev–Trinajstić information content (AvgIpc) is 2.63. The maximum atomic E-state index is 10.7. The highest BCUT2D eigenvalue weighted by Crippen LogP contribution is 2.25. The predicted octanol–water partition coefficient (Wildman–Crippen LogP) is 2.18. The molecule has 6 heteroatoms. The third-order valence-electron chi connectivity index (χ3n) is 2.62. The Balaban J connectivity index is 2.59. The van der Waals surface area contributed by atoms with Gasteiger partial charge in [-0.05, 0) is 12.1 Å². The second-order valence-electron chi connectivity index (χ2n) is 3.83. The number of aliphatic carboxylic acids is 1. The Morgan fingerprint density at radius 3 is 2.83 bits per heavy atom. The number of nitrogens with zero attached hydrogens (tertiary/aromatic N) is 2. The summed E-state index contributed by atoms with van der Waals surface area (Å²) < 4.78 is 1.73. The van der Waals surface area contributed by atoms with Crippen LogP contribution in [0.25, 0.3) is 17.0 Å². The standard InChI is InChI=1S/C12H10N2O4/c1-13-7-8(2-5-12(15)16)10-4-3-9(14(17)18)6-11(10)13/h2-7H,1H3,(H,15,16)/b5-2-. The average molecular weight is 246 g/mol. The number of fused-ring (bicyclic) bond motifs is 1. The molecule has 0 spiro atoms. The Morgan fingerprint density at radius 1 is 1.50 bits per heavy atom. The summed E-state index contributed by atoms with van der Waals surface area (Å²) in [6.45, 7) is 0. The van der Waals surface area contributed by atoms with Crippen molar-refractivity contribution >= 4 is 28.6 Å². The normalized spacial score (nSPS) is 11.2. The van der Waals surface area contributed by atoms with E-state index in [0.29, 0.717) is 11.1 Å². The van der Waals surface area contributed by atoms with Crippen LogP contribution in [0.1, 0.15) is 5.56 Å². The fourth-order valence-corrected chi connectivity index (χ4v) is 1.81. The number of carboxylic acids is 1. The molecule has 0 radical (unpaired) electrons. The van der Waals surface area contributed by atoms with Gasteiger partial charge in [0.2, 0.25) is 0 Å². The number of nitro groups is 1. The highest BCUT2D eigenvalue weighted by Gasteiger charge is 2.10. The van der Waals surface area contributed by atoms with Crippen LogP contribution < -0.4 is 0 Å². The number of rotatable bonds is 3. The molecule has 0 unspecified atom stereocenters. The molecule has 1 heterocycles. The van der Waals surface area contributed by atoms with Gasteiger partial charge < -0.3 is 9.67 Å². The van der Waals surface area contributed by atoms with Crippen LogP contribution >= 0.6 is 0 Å². The fraction of sp³-hybridized carbons (Fsp3) is 0.0833. The van der Waals surface area contributed by atoms with E-state index in [2.05, 4.69) is 0 Å². The molecule has 0 atom stereocenters. The first kappa shape index (κ1) is 11.8. The Bertz CT molecular complexity index is 670. The van der Waals surface area contributed by atoms with Crippen LogP contribution in [0.5, 0.6) is 0 Å². The lowest BCUT2D eigenvalue weighted by atomic mass is 10.1. The summed E-state index contributed by atoms with van der Waals surface area (Å²) in [6, 6.07) is 4.49. The number of carbonyl (C=O) groups is 1. The Labute approximate surface area is 102 Å². The van der Waals surface area contributed by atoms with Crippen molar-refractivity contribution in [1.82, 2.24) is 4.57 Å². The fourth-order valence-electron chi connectivity index (χ4n) is 1.81. The topological polar surface area (TPSA) is 85.4 Å². The number of nitro benzene ring substituents is 1. The van der Waals surface area contributed by atoms with Crippen LogP contribution in [0, 0.1) is 10.1 Å². The van der Waals surface area contributed by atoms with Crippen LogP contribution in [0.3, 0.4) is 0 Å². The van der Waals surface area contributed by atoms with Crippen molar-refractivity contribution in [3.63, 3.8) is 0 Å². The minimum Gasteiger partial charge on any atom is -0.478 e. The number of aryl methyl sites for hydroxylation is 1. The summed E-state index contributed by atoms with van der Waals surface area (Å²) in [5.74, 6) is -1.03. The van der Waals surface area contributed by atoms with Crippen LogP contribution in [-0.2, 0) is 11.8 Å². The van der Waals surface area contributed by atoms with Crippen molar-refractivity contribution < 1.29 is 14.8 Å². The lowest BCUT2D eigenvalue weighted by Gasteiger charge is -1.95. The van der Waals surface area contributed by atoms with Gasteiger partial charge >= 0.3 is 5.97 Å². The zero-order valence-electron chi connectivity index (χ0n) is 9.53. The molecule has 18 heavy (non-hydrogen) atoms. The lowest BCUT2D eigenvalue weighted by molar-refractivity contribution is -0.384. The first-order valence-corrected chi connectivity index (χ1v) is 5.13. The molecule has 1 N–H and O–H groups in total. The highest BCUT2D eigenvalue weighted by atomic mass is 16.6. The molecule has 6 nitrogen and oxygen atoms in total. The second kappa shape index (κ2) is 4.33. The van der Waals surface area contributed by atoms with Crippen LogP contribution in [0.15, 0.2) is 30.5 Å². The van der Waals surface area contributed by atoms with Crippen molar-refractivity contribution in [2.24, 2.45) is 7.05 Å². The number of hydrogen-bond acceptors (Lipinski definition) is 3. The first-order valence-electron chi connectivity index (χ1n) is 5.13. The van der Waals surface area contributed by atoms with Gasteiger partial charge in [-0.3, -0.25) is 10.1 Å². The van der Waals surface area contributed by atoms with E-state index in [0.717, 1.165) is 11.5 Å². The zero-order chi connectivity index (χ0) is 13.3. The van der Waals surface area contributed by atoms with Gasteiger partial charge in [0.25, 0.3) is 5.69 Å². The molecule has 0 amide bonds. The van der Waals surface area contributed by atoms with E-state index in [1.807, 2.05) is 0 Å². The van der Waals surface area contributed by atoms with Crippen LogP contribution in [-0.4, -0.2) is 20.6 Å². The molecule has 1 aromatic heterocycles. The minimum absolute atomic E-state index is 0.0115. The third kappa shape index (κ3) is 2.08. The van der Waals surface area contributed by atoms with Crippen molar-refractivity contribution in [2.45, 2.75) is 0 Å². The van der Waals surface area contributed by atoms with E-state index < -0.39 is 10.9 Å². The van der Waals surface area contributed by atoms with Gasteiger partial charge in [-0.1, -0.05) is 0 Å².